The van der Waals surface area contributed by atoms with Crippen molar-refractivity contribution in [3.63, 3.8) is 0 Å². The van der Waals surface area contributed by atoms with E-state index in [1.807, 2.05) is 6.92 Å². The van der Waals surface area contributed by atoms with Crippen LogP contribution >= 0.6 is 0 Å². The van der Waals surface area contributed by atoms with Crippen LogP contribution in [0.3, 0.4) is 0 Å². The van der Waals surface area contributed by atoms with Crippen LogP contribution in [0.5, 0.6) is 0 Å². The Morgan fingerprint density at radius 2 is 2.29 bits per heavy atom. The van der Waals surface area contributed by atoms with E-state index in [9.17, 15) is 9.90 Å². The van der Waals surface area contributed by atoms with Crippen molar-refractivity contribution in [1.29, 1.82) is 0 Å². The fraction of sp³-hybridized carbons (Fsp3) is 0.545. The monoisotopic (exact) mass is 196 g/mol. The standard InChI is InChI=1S/C11H16O3/c1-7(2)9-4-10(13)8(3)11(5-9)14-6-12/h6,9-11,13H,1,3-5H2,2H3/t9-,10-,11-/m1/s1. The van der Waals surface area contributed by atoms with E-state index in [0.717, 1.165) is 5.57 Å². The summed E-state index contributed by atoms with van der Waals surface area (Å²) in [4.78, 5) is 10.2. The summed E-state index contributed by atoms with van der Waals surface area (Å²) in [6.07, 6.45) is 0.366. The van der Waals surface area contributed by atoms with E-state index >= 15 is 0 Å². The lowest BCUT2D eigenvalue weighted by atomic mass is 9.79. The van der Waals surface area contributed by atoms with Gasteiger partial charge in [0.25, 0.3) is 6.47 Å². The second kappa shape index (κ2) is 4.42. The Bertz CT molecular complexity index is 257. The van der Waals surface area contributed by atoms with Gasteiger partial charge < -0.3 is 9.84 Å². The number of ether oxygens (including phenoxy) is 1. The number of allylic oxidation sites excluding steroid dienone is 1. The van der Waals surface area contributed by atoms with Crippen LogP contribution in [0.1, 0.15) is 19.8 Å². The molecule has 1 aliphatic rings. The highest BCUT2D eigenvalue weighted by Gasteiger charge is 2.32. The number of aliphatic hydroxyl groups is 1. The van der Waals surface area contributed by atoms with Gasteiger partial charge in [0.05, 0.1) is 6.10 Å². The number of carbonyl (C=O) groups excluding carboxylic acids is 1. The molecule has 1 saturated carbocycles. The van der Waals surface area contributed by atoms with Crippen LogP contribution in [-0.4, -0.2) is 23.8 Å². The predicted octanol–water partition coefficient (Wildman–Crippen LogP) is 1.43. The molecule has 0 radical (unpaired) electrons. The summed E-state index contributed by atoms with van der Waals surface area (Å²) in [6.45, 7) is 9.90. The van der Waals surface area contributed by atoms with Gasteiger partial charge in [0, 0.05) is 0 Å². The summed E-state index contributed by atoms with van der Waals surface area (Å²) in [7, 11) is 0. The van der Waals surface area contributed by atoms with E-state index in [1.54, 1.807) is 0 Å². The molecule has 0 heterocycles. The Labute approximate surface area is 84.1 Å². The molecule has 3 atom stereocenters. The molecule has 1 aliphatic carbocycles. The van der Waals surface area contributed by atoms with Crippen molar-refractivity contribution in [1.82, 2.24) is 0 Å². The number of carbonyl (C=O) groups is 1. The first-order valence-electron chi connectivity index (χ1n) is 4.67. The molecule has 0 bridgehead atoms. The fourth-order valence-corrected chi connectivity index (χ4v) is 1.75. The quantitative estimate of drug-likeness (QED) is 0.548. The van der Waals surface area contributed by atoms with E-state index in [2.05, 4.69) is 13.2 Å². The maximum absolute atomic E-state index is 10.2. The molecule has 14 heavy (non-hydrogen) atoms. The first-order chi connectivity index (χ1) is 6.56. The maximum atomic E-state index is 10.2. The molecule has 78 valence electrons. The highest BCUT2D eigenvalue weighted by molar-refractivity contribution is 5.39. The predicted molar refractivity (Wildman–Crippen MR) is 53.6 cm³/mol. The molecule has 3 heteroatoms. The minimum absolute atomic E-state index is 0.209. The van der Waals surface area contributed by atoms with Crippen LogP contribution in [-0.2, 0) is 9.53 Å². The average molecular weight is 196 g/mol. The molecule has 0 saturated heterocycles. The molecular weight excluding hydrogens is 180 g/mol. The molecule has 0 amide bonds. The zero-order chi connectivity index (χ0) is 10.7. The van der Waals surface area contributed by atoms with Crippen LogP contribution < -0.4 is 0 Å². The van der Waals surface area contributed by atoms with Gasteiger partial charge in [0.15, 0.2) is 0 Å². The minimum atomic E-state index is -0.588. The third-order valence-electron chi connectivity index (χ3n) is 2.76. The summed E-state index contributed by atoms with van der Waals surface area (Å²) in [6, 6.07) is 0. The smallest absolute Gasteiger partial charge is 0.293 e. The normalized spacial score (nSPS) is 32.4. The highest BCUT2D eigenvalue weighted by Crippen LogP contribution is 2.33. The summed E-state index contributed by atoms with van der Waals surface area (Å²) in [5.74, 6) is 0.209. The Kier molecular flexibility index (Phi) is 3.47. The summed E-state index contributed by atoms with van der Waals surface area (Å²) >= 11 is 0. The lowest BCUT2D eigenvalue weighted by molar-refractivity contribution is -0.133. The molecule has 0 aromatic heterocycles. The average Bonchev–Trinajstić information content (AvgIpc) is 2.12. The van der Waals surface area contributed by atoms with Crippen molar-refractivity contribution in [3.8, 4) is 0 Å². The zero-order valence-electron chi connectivity index (χ0n) is 8.40. The van der Waals surface area contributed by atoms with E-state index in [0.29, 0.717) is 24.9 Å². The Balaban J connectivity index is 2.70. The third kappa shape index (κ3) is 2.23. The van der Waals surface area contributed by atoms with E-state index in [4.69, 9.17) is 4.74 Å². The Morgan fingerprint density at radius 3 is 2.79 bits per heavy atom. The van der Waals surface area contributed by atoms with Gasteiger partial charge >= 0.3 is 0 Å². The molecule has 0 spiro atoms. The number of rotatable bonds is 3. The molecule has 1 rings (SSSR count). The second-order valence-electron chi connectivity index (χ2n) is 3.83. The van der Waals surface area contributed by atoms with Crippen LogP contribution in [0.4, 0.5) is 0 Å². The van der Waals surface area contributed by atoms with Gasteiger partial charge in [0.1, 0.15) is 6.10 Å². The van der Waals surface area contributed by atoms with Crippen molar-refractivity contribution in [3.05, 3.63) is 24.3 Å². The number of hydrogen-bond acceptors (Lipinski definition) is 3. The molecule has 0 aliphatic heterocycles. The van der Waals surface area contributed by atoms with Crippen molar-refractivity contribution in [2.45, 2.75) is 32.0 Å². The molecule has 0 aromatic carbocycles. The van der Waals surface area contributed by atoms with Gasteiger partial charge in [-0.15, -0.1) is 0 Å². The summed E-state index contributed by atoms with van der Waals surface area (Å²) in [5, 5.41) is 9.66. The van der Waals surface area contributed by atoms with Crippen molar-refractivity contribution >= 4 is 6.47 Å². The summed E-state index contributed by atoms with van der Waals surface area (Å²) in [5.41, 5.74) is 1.60. The van der Waals surface area contributed by atoms with Crippen molar-refractivity contribution in [2.75, 3.05) is 0 Å². The minimum Gasteiger partial charge on any atom is -0.460 e. The van der Waals surface area contributed by atoms with Gasteiger partial charge in [-0.1, -0.05) is 18.7 Å². The van der Waals surface area contributed by atoms with Gasteiger partial charge in [-0.3, -0.25) is 4.79 Å². The molecule has 1 fully saturated rings. The Morgan fingerprint density at radius 1 is 1.64 bits per heavy atom. The lowest BCUT2D eigenvalue weighted by Crippen LogP contribution is -2.34. The lowest BCUT2D eigenvalue weighted by Gasteiger charge is -2.33. The highest BCUT2D eigenvalue weighted by atomic mass is 16.5. The largest absolute Gasteiger partial charge is 0.460 e. The Hall–Kier alpha value is -1.09. The van der Waals surface area contributed by atoms with Crippen LogP contribution in [0, 0.1) is 5.92 Å². The zero-order valence-corrected chi connectivity index (χ0v) is 8.40. The van der Waals surface area contributed by atoms with Crippen LogP contribution in [0.25, 0.3) is 0 Å². The summed E-state index contributed by atoms with van der Waals surface area (Å²) < 4.78 is 4.86. The first-order valence-corrected chi connectivity index (χ1v) is 4.67. The van der Waals surface area contributed by atoms with Crippen molar-refractivity contribution in [2.24, 2.45) is 5.92 Å². The van der Waals surface area contributed by atoms with E-state index in [1.165, 1.54) is 0 Å². The topological polar surface area (TPSA) is 46.5 Å². The molecular formula is C11H16O3. The SMILES string of the molecule is C=C(C)[C@@H]1C[C@@H](O)C(=C)[C@H](OC=O)C1. The van der Waals surface area contributed by atoms with E-state index < -0.39 is 6.10 Å². The van der Waals surface area contributed by atoms with Crippen LogP contribution in [0.2, 0.25) is 0 Å². The van der Waals surface area contributed by atoms with Gasteiger partial charge in [0.2, 0.25) is 0 Å². The van der Waals surface area contributed by atoms with Gasteiger partial charge in [-0.25, -0.2) is 0 Å². The third-order valence-corrected chi connectivity index (χ3v) is 2.76. The first kappa shape index (κ1) is 11.0. The number of aliphatic hydroxyl groups excluding tert-OH is 1. The van der Waals surface area contributed by atoms with Gasteiger partial charge in [-0.2, -0.15) is 0 Å². The molecule has 3 nitrogen and oxygen atoms in total. The number of hydrogen-bond donors (Lipinski definition) is 1. The van der Waals surface area contributed by atoms with E-state index in [-0.39, 0.29) is 12.0 Å². The maximum Gasteiger partial charge on any atom is 0.293 e. The molecule has 0 aromatic rings. The molecule has 1 N–H and O–H groups in total. The molecule has 0 unspecified atom stereocenters. The fourth-order valence-electron chi connectivity index (χ4n) is 1.75. The van der Waals surface area contributed by atoms with Crippen molar-refractivity contribution < 1.29 is 14.6 Å². The van der Waals surface area contributed by atoms with Crippen LogP contribution in [0.15, 0.2) is 24.3 Å². The second-order valence-corrected chi connectivity index (χ2v) is 3.83. The van der Waals surface area contributed by atoms with Gasteiger partial charge in [-0.05, 0) is 31.3 Å².